The van der Waals surface area contributed by atoms with E-state index in [0.29, 0.717) is 41.3 Å². The van der Waals surface area contributed by atoms with Crippen molar-refractivity contribution in [3.05, 3.63) is 57.8 Å². The number of nitrogens with zero attached hydrogens (tertiary/aromatic N) is 2. The lowest BCUT2D eigenvalue weighted by atomic mass is 9.78. The maximum absolute atomic E-state index is 12.9. The van der Waals surface area contributed by atoms with Crippen LogP contribution in [-0.2, 0) is 14.3 Å². The smallest absolute Gasteiger partial charge is 0.412 e. The fraction of sp³-hybridized carbons (Fsp3) is 0.370. The van der Waals surface area contributed by atoms with Gasteiger partial charge in [-0.15, -0.1) is 0 Å². The average molecular weight is 585 g/mol. The molecule has 1 fully saturated rings. The molecule has 2 heterocycles. The van der Waals surface area contributed by atoms with Crippen molar-refractivity contribution >= 4 is 45.3 Å². The van der Waals surface area contributed by atoms with Gasteiger partial charge in [0.15, 0.2) is 0 Å². The highest BCUT2D eigenvalue weighted by molar-refractivity contribution is 9.10. The summed E-state index contributed by atoms with van der Waals surface area (Å²) in [6.45, 7) is 5.17. The number of carboxylic acids is 1. The first-order chi connectivity index (χ1) is 18.2. The zero-order chi connectivity index (χ0) is 27.4. The number of nitrogens with one attached hydrogen (secondary N) is 2. The third-order valence-electron chi connectivity index (χ3n) is 6.71. The van der Waals surface area contributed by atoms with E-state index in [4.69, 9.17) is 9.26 Å². The number of pyridine rings is 1. The van der Waals surface area contributed by atoms with Crippen LogP contribution in [0.25, 0.3) is 11.5 Å². The summed E-state index contributed by atoms with van der Waals surface area (Å²) >= 11 is 3.46. The number of aliphatic carboxylic acids is 1. The Morgan fingerprint density at radius 3 is 2.45 bits per heavy atom. The lowest BCUT2D eigenvalue weighted by molar-refractivity contribution is -0.147. The maximum Gasteiger partial charge on any atom is 0.412 e. The van der Waals surface area contributed by atoms with Crippen LogP contribution in [0.4, 0.5) is 16.2 Å². The van der Waals surface area contributed by atoms with Gasteiger partial charge >= 0.3 is 12.1 Å². The summed E-state index contributed by atoms with van der Waals surface area (Å²) in [7, 11) is 0. The number of hydrogen-bond acceptors (Lipinski definition) is 7. The van der Waals surface area contributed by atoms with Crippen LogP contribution in [0.15, 0.2) is 45.4 Å². The fourth-order valence-corrected chi connectivity index (χ4v) is 5.24. The van der Waals surface area contributed by atoms with Gasteiger partial charge in [-0.05, 0) is 51.8 Å². The summed E-state index contributed by atoms with van der Waals surface area (Å²) in [6, 6.07) is 10.8. The number of amides is 2. The number of hydrogen-bond donors (Lipinski definition) is 3. The molecule has 3 aromatic rings. The average Bonchev–Trinajstić information content (AvgIpc) is 3.24. The monoisotopic (exact) mass is 584 g/mol. The van der Waals surface area contributed by atoms with Crippen molar-refractivity contribution in [2.75, 3.05) is 10.6 Å². The molecular formula is C27H29BrN4O6. The highest BCUT2D eigenvalue weighted by Gasteiger charge is 2.36. The molecule has 2 amide bonds. The molecule has 0 aliphatic heterocycles. The minimum Gasteiger partial charge on any atom is -0.481 e. The molecule has 0 saturated heterocycles. The third-order valence-corrected chi connectivity index (χ3v) is 7.44. The number of ether oxygens (including phenoxy) is 1. The number of anilines is 2. The molecule has 1 aliphatic carbocycles. The molecule has 0 bridgehead atoms. The van der Waals surface area contributed by atoms with Gasteiger partial charge in [-0.3, -0.25) is 14.9 Å². The van der Waals surface area contributed by atoms with Crippen LogP contribution >= 0.6 is 15.9 Å². The first-order valence-corrected chi connectivity index (χ1v) is 13.1. The number of carbonyl (C=O) groups is 3. The minimum absolute atomic E-state index is 0.243. The Morgan fingerprint density at radius 1 is 1.05 bits per heavy atom. The highest BCUT2D eigenvalue weighted by atomic mass is 79.9. The third kappa shape index (κ3) is 6.04. The second-order valence-corrected chi connectivity index (χ2v) is 10.2. The Morgan fingerprint density at radius 2 is 1.76 bits per heavy atom. The lowest BCUT2D eigenvalue weighted by Gasteiger charge is -2.27. The number of halogens is 1. The van der Waals surface area contributed by atoms with Crippen LogP contribution in [0.1, 0.15) is 55.7 Å². The van der Waals surface area contributed by atoms with Gasteiger partial charge in [-0.1, -0.05) is 52.1 Å². The first kappa shape index (κ1) is 27.3. The number of carbonyl (C=O) groups excluding carboxylic acids is 2. The van der Waals surface area contributed by atoms with Crippen molar-refractivity contribution in [3.63, 3.8) is 0 Å². The molecule has 2 aromatic heterocycles. The minimum atomic E-state index is -0.944. The van der Waals surface area contributed by atoms with Crippen molar-refractivity contribution < 1.29 is 28.8 Å². The Bertz CT molecular complexity index is 1360. The summed E-state index contributed by atoms with van der Waals surface area (Å²) in [5.74, 6) is -2.30. The second kappa shape index (κ2) is 11.8. The summed E-state index contributed by atoms with van der Waals surface area (Å²) < 4.78 is 11.8. The lowest BCUT2D eigenvalue weighted by Crippen LogP contribution is -2.36. The van der Waals surface area contributed by atoms with Gasteiger partial charge in [0.05, 0.1) is 23.2 Å². The van der Waals surface area contributed by atoms with E-state index < -0.39 is 30.0 Å². The molecule has 38 heavy (non-hydrogen) atoms. The van der Waals surface area contributed by atoms with Gasteiger partial charge < -0.3 is 19.7 Å². The van der Waals surface area contributed by atoms with E-state index in [2.05, 4.69) is 36.7 Å². The molecule has 0 spiro atoms. The largest absolute Gasteiger partial charge is 0.481 e. The molecular weight excluding hydrogens is 556 g/mol. The summed E-state index contributed by atoms with van der Waals surface area (Å²) in [4.78, 5) is 41.7. The maximum atomic E-state index is 12.9. The van der Waals surface area contributed by atoms with Crippen LogP contribution in [-0.4, -0.2) is 33.2 Å². The molecule has 200 valence electrons. The molecule has 0 radical (unpaired) electrons. The van der Waals surface area contributed by atoms with E-state index in [1.54, 1.807) is 32.9 Å². The van der Waals surface area contributed by atoms with E-state index in [1.807, 2.05) is 24.3 Å². The normalized spacial score (nSPS) is 17.9. The van der Waals surface area contributed by atoms with Crippen LogP contribution in [0, 0.1) is 25.7 Å². The van der Waals surface area contributed by atoms with Crippen molar-refractivity contribution in [2.24, 2.45) is 11.8 Å². The van der Waals surface area contributed by atoms with Gasteiger partial charge in [0.2, 0.25) is 11.7 Å². The van der Waals surface area contributed by atoms with Crippen LogP contribution in [0.5, 0.6) is 0 Å². The summed E-state index contributed by atoms with van der Waals surface area (Å²) in [6.07, 6.45) is 1.47. The van der Waals surface area contributed by atoms with E-state index in [9.17, 15) is 19.5 Å². The van der Waals surface area contributed by atoms with E-state index in [0.717, 1.165) is 22.9 Å². The quantitative estimate of drug-likeness (QED) is 0.295. The SMILES string of the molecule is Cc1nc(-c2onc(C)c2NC(=O)O[C@H](C)c2ccccc2Br)ccc1NC(=O)[C@H]1CCCC[C@@H]1C(=O)O. The van der Waals surface area contributed by atoms with Crippen molar-refractivity contribution in [2.45, 2.75) is 52.6 Å². The first-order valence-electron chi connectivity index (χ1n) is 12.4. The summed E-state index contributed by atoms with van der Waals surface area (Å²) in [5.41, 5.74) is 2.97. The fourth-order valence-electron chi connectivity index (χ4n) is 4.64. The van der Waals surface area contributed by atoms with Gasteiger partial charge in [0.25, 0.3) is 0 Å². The Balaban J connectivity index is 1.47. The van der Waals surface area contributed by atoms with Crippen molar-refractivity contribution in [1.29, 1.82) is 0 Å². The number of aryl methyl sites for hydroxylation is 2. The van der Waals surface area contributed by atoms with Gasteiger partial charge in [-0.25, -0.2) is 9.78 Å². The summed E-state index contributed by atoms with van der Waals surface area (Å²) in [5, 5.41) is 19.0. The molecule has 11 heteroatoms. The zero-order valence-corrected chi connectivity index (χ0v) is 22.9. The van der Waals surface area contributed by atoms with E-state index in [1.165, 1.54) is 0 Å². The zero-order valence-electron chi connectivity index (χ0n) is 21.3. The molecule has 0 unspecified atom stereocenters. The molecule has 3 atom stereocenters. The molecule has 3 N–H and O–H groups in total. The molecule has 10 nitrogen and oxygen atoms in total. The molecule has 4 rings (SSSR count). The van der Waals surface area contributed by atoms with Crippen LogP contribution < -0.4 is 10.6 Å². The molecule has 1 aromatic carbocycles. The highest BCUT2D eigenvalue weighted by Crippen LogP contribution is 2.34. The number of carboxylic acid groups (broad SMARTS) is 1. The second-order valence-electron chi connectivity index (χ2n) is 9.32. The standard InChI is InChI=1S/C27H29BrN4O6/c1-14-21(30-25(33)18-9-4-5-10-19(18)26(34)35)12-13-22(29-14)24-23(15(2)32-38-24)31-27(36)37-16(3)17-8-6-7-11-20(17)28/h6-8,11-13,16,18-19H,4-5,9-10H2,1-3H3,(H,30,33)(H,31,36)(H,34,35)/t16-,18+,19+/m1/s1. The van der Waals surface area contributed by atoms with Crippen molar-refractivity contribution in [3.8, 4) is 11.5 Å². The predicted molar refractivity (Wildman–Crippen MR) is 144 cm³/mol. The van der Waals surface area contributed by atoms with Crippen molar-refractivity contribution in [1.82, 2.24) is 10.1 Å². The Labute approximate surface area is 228 Å². The topological polar surface area (TPSA) is 144 Å². The molecule has 1 aliphatic rings. The Hall–Kier alpha value is -3.73. The van der Waals surface area contributed by atoms with E-state index >= 15 is 0 Å². The number of aromatic nitrogens is 2. The van der Waals surface area contributed by atoms with Crippen LogP contribution in [0.3, 0.4) is 0 Å². The Kier molecular flexibility index (Phi) is 8.45. The number of rotatable bonds is 7. The van der Waals surface area contributed by atoms with Gasteiger partial charge in [0, 0.05) is 10.0 Å². The van der Waals surface area contributed by atoms with Gasteiger partial charge in [0.1, 0.15) is 23.2 Å². The number of benzene rings is 1. The predicted octanol–water partition coefficient (Wildman–Crippen LogP) is 6.26. The van der Waals surface area contributed by atoms with Gasteiger partial charge in [-0.2, -0.15) is 0 Å². The van der Waals surface area contributed by atoms with E-state index in [-0.39, 0.29) is 11.7 Å². The molecule has 1 saturated carbocycles. The van der Waals surface area contributed by atoms with Crippen LogP contribution in [0.2, 0.25) is 0 Å².